The van der Waals surface area contributed by atoms with Gasteiger partial charge in [0, 0.05) is 53.8 Å². The Morgan fingerprint density at radius 2 is 1.97 bits per heavy atom. The van der Waals surface area contributed by atoms with Crippen molar-refractivity contribution in [2.75, 3.05) is 6.61 Å². The van der Waals surface area contributed by atoms with Gasteiger partial charge in [0.05, 0.1) is 11.9 Å². The summed E-state index contributed by atoms with van der Waals surface area (Å²) in [5.41, 5.74) is 4.95. The highest BCUT2D eigenvalue weighted by Gasteiger charge is 2.20. The van der Waals surface area contributed by atoms with E-state index in [-0.39, 0.29) is 12.0 Å². The van der Waals surface area contributed by atoms with Crippen molar-refractivity contribution in [3.8, 4) is 22.4 Å². The average molecular weight is 386 g/mol. The molecular formula is C22H22N6O. The SMILES string of the molecule is [C-]#[N+]c1ccc(-c2cnn(CC(C)(C)CO)c2)c(-c2ccn3cc(C)nc3c2)n1. The predicted octanol–water partition coefficient (Wildman–Crippen LogP) is 4.14. The van der Waals surface area contributed by atoms with Crippen LogP contribution in [-0.2, 0) is 6.54 Å². The molecule has 0 aromatic carbocycles. The van der Waals surface area contributed by atoms with Crippen molar-refractivity contribution in [2.24, 2.45) is 5.41 Å². The number of nitrogens with zero attached hydrogens (tertiary/aromatic N) is 6. The van der Waals surface area contributed by atoms with Crippen molar-refractivity contribution in [3.05, 3.63) is 66.2 Å². The van der Waals surface area contributed by atoms with Crippen LogP contribution in [-0.4, -0.2) is 35.9 Å². The molecular weight excluding hydrogens is 364 g/mol. The van der Waals surface area contributed by atoms with Crippen LogP contribution < -0.4 is 0 Å². The van der Waals surface area contributed by atoms with Crippen LogP contribution in [0.1, 0.15) is 19.5 Å². The molecule has 0 saturated heterocycles. The lowest BCUT2D eigenvalue weighted by Gasteiger charge is -2.20. The lowest BCUT2D eigenvalue weighted by molar-refractivity contribution is 0.136. The summed E-state index contributed by atoms with van der Waals surface area (Å²) in [6.45, 7) is 14.0. The fourth-order valence-corrected chi connectivity index (χ4v) is 3.30. The summed E-state index contributed by atoms with van der Waals surface area (Å²) >= 11 is 0. The average Bonchev–Trinajstić information content (AvgIpc) is 3.31. The van der Waals surface area contributed by atoms with Crippen molar-refractivity contribution in [1.82, 2.24) is 24.1 Å². The normalized spacial score (nSPS) is 11.7. The van der Waals surface area contributed by atoms with Gasteiger partial charge >= 0.3 is 0 Å². The Morgan fingerprint density at radius 3 is 2.72 bits per heavy atom. The van der Waals surface area contributed by atoms with Gasteiger partial charge in [-0.1, -0.05) is 26.5 Å². The molecule has 7 heteroatoms. The molecule has 0 aliphatic heterocycles. The van der Waals surface area contributed by atoms with Gasteiger partial charge in [0.1, 0.15) is 5.65 Å². The van der Waals surface area contributed by atoms with E-state index in [0.29, 0.717) is 12.4 Å². The Balaban J connectivity index is 1.80. The number of aromatic nitrogens is 5. The lowest BCUT2D eigenvalue weighted by Crippen LogP contribution is -2.23. The fourth-order valence-electron chi connectivity index (χ4n) is 3.30. The molecule has 1 N–H and O–H groups in total. The van der Waals surface area contributed by atoms with Crippen LogP contribution in [0.15, 0.2) is 49.1 Å². The maximum atomic E-state index is 9.53. The zero-order valence-electron chi connectivity index (χ0n) is 16.7. The number of aliphatic hydroxyl groups excluding tert-OH is 1. The van der Waals surface area contributed by atoms with Gasteiger partial charge in [-0.3, -0.25) is 4.68 Å². The molecule has 0 bridgehead atoms. The predicted molar refractivity (Wildman–Crippen MR) is 112 cm³/mol. The van der Waals surface area contributed by atoms with E-state index in [1.54, 1.807) is 12.3 Å². The first-order valence-corrected chi connectivity index (χ1v) is 9.36. The number of rotatable bonds is 5. The quantitative estimate of drug-likeness (QED) is 0.523. The van der Waals surface area contributed by atoms with E-state index < -0.39 is 0 Å². The standard InChI is InChI=1S/C22H22N6O/c1-15-11-27-8-7-16(9-20(27)25-15)21-18(5-6-19(23-4)26-21)17-10-24-28(12-17)13-22(2,3)14-29/h5-12,29H,13-14H2,1-3H3. The molecule has 146 valence electrons. The minimum Gasteiger partial charge on any atom is -0.396 e. The number of hydrogen-bond acceptors (Lipinski definition) is 4. The van der Waals surface area contributed by atoms with Crippen LogP contribution in [0, 0.1) is 18.9 Å². The van der Waals surface area contributed by atoms with Crippen molar-refractivity contribution < 1.29 is 5.11 Å². The van der Waals surface area contributed by atoms with Crippen LogP contribution in [0.3, 0.4) is 0 Å². The second-order valence-electron chi connectivity index (χ2n) is 7.99. The van der Waals surface area contributed by atoms with E-state index in [9.17, 15) is 5.11 Å². The second-order valence-corrected chi connectivity index (χ2v) is 7.99. The molecule has 4 aromatic rings. The first kappa shape index (κ1) is 18.8. The van der Waals surface area contributed by atoms with Gasteiger partial charge < -0.3 is 14.4 Å². The molecule has 0 aliphatic rings. The Morgan fingerprint density at radius 1 is 1.14 bits per heavy atom. The second kappa shape index (κ2) is 7.15. The Hall–Kier alpha value is -3.50. The lowest BCUT2D eigenvalue weighted by atomic mass is 9.95. The van der Waals surface area contributed by atoms with E-state index in [2.05, 4.69) is 19.9 Å². The van der Waals surface area contributed by atoms with E-state index in [1.165, 1.54) is 0 Å². The summed E-state index contributed by atoms with van der Waals surface area (Å²) in [7, 11) is 0. The van der Waals surface area contributed by atoms with Crippen LogP contribution in [0.2, 0.25) is 0 Å². The van der Waals surface area contributed by atoms with Crippen LogP contribution in [0.5, 0.6) is 0 Å². The molecule has 4 rings (SSSR count). The Labute approximate surface area is 169 Å². The molecule has 0 saturated carbocycles. The Bertz CT molecular complexity index is 1230. The number of hydrogen-bond donors (Lipinski definition) is 1. The molecule has 0 fully saturated rings. The van der Waals surface area contributed by atoms with Gasteiger partial charge in [0.2, 0.25) is 0 Å². The van der Waals surface area contributed by atoms with Gasteiger partial charge in [0.25, 0.3) is 5.82 Å². The summed E-state index contributed by atoms with van der Waals surface area (Å²) in [4.78, 5) is 12.6. The number of aliphatic hydroxyl groups is 1. The van der Waals surface area contributed by atoms with Crippen molar-refractivity contribution >= 4 is 11.5 Å². The van der Waals surface area contributed by atoms with Crippen LogP contribution in [0.25, 0.3) is 32.9 Å². The molecule has 29 heavy (non-hydrogen) atoms. The maximum absolute atomic E-state index is 9.53. The molecule has 7 nitrogen and oxygen atoms in total. The van der Waals surface area contributed by atoms with E-state index >= 15 is 0 Å². The molecule has 0 radical (unpaired) electrons. The molecule has 4 aromatic heterocycles. The first-order valence-electron chi connectivity index (χ1n) is 9.36. The highest BCUT2D eigenvalue weighted by Crippen LogP contribution is 2.33. The molecule has 0 atom stereocenters. The molecule has 0 unspecified atom stereocenters. The number of fused-ring (bicyclic) bond motifs is 1. The maximum Gasteiger partial charge on any atom is 0.270 e. The van der Waals surface area contributed by atoms with Gasteiger partial charge in [-0.15, -0.1) is 4.98 Å². The third-order valence-electron chi connectivity index (χ3n) is 4.81. The largest absolute Gasteiger partial charge is 0.396 e. The van der Waals surface area contributed by atoms with E-state index in [4.69, 9.17) is 6.57 Å². The first-order chi connectivity index (χ1) is 13.9. The van der Waals surface area contributed by atoms with Crippen molar-refractivity contribution in [2.45, 2.75) is 27.3 Å². The monoisotopic (exact) mass is 386 g/mol. The third kappa shape index (κ3) is 3.75. The molecule has 0 amide bonds. The topological polar surface area (TPSA) is 72.6 Å². The van der Waals surface area contributed by atoms with E-state index in [1.807, 2.05) is 66.6 Å². The molecule has 0 spiro atoms. The zero-order valence-corrected chi connectivity index (χ0v) is 16.7. The summed E-state index contributed by atoms with van der Waals surface area (Å²) in [5, 5.41) is 14.0. The summed E-state index contributed by atoms with van der Waals surface area (Å²) in [6.07, 6.45) is 7.67. The van der Waals surface area contributed by atoms with E-state index in [0.717, 1.165) is 33.7 Å². The van der Waals surface area contributed by atoms with Gasteiger partial charge in [-0.05, 0) is 25.1 Å². The summed E-state index contributed by atoms with van der Waals surface area (Å²) < 4.78 is 3.80. The van der Waals surface area contributed by atoms with Gasteiger partial charge in [0.15, 0.2) is 5.69 Å². The minimum absolute atomic E-state index is 0.0818. The third-order valence-corrected chi connectivity index (χ3v) is 4.81. The van der Waals surface area contributed by atoms with Crippen molar-refractivity contribution in [3.63, 3.8) is 0 Å². The van der Waals surface area contributed by atoms with Crippen molar-refractivity contribution in [1.29, 1.82) is 0 Å². The summed E-state index contributed by atoms with van der Waals surface area (Å²) in [5.74, 6) is 0.344. The fraction of sp³-hybridized carbons (Fsp3) is 0.273. The number of pyridine rings is 2. The van der Waals surface area contributed by atoms with Crippen LogP contribution in [0.4, 0.5) is 5.82 Å². The minimum atomic E-state index is -0.262. The zero-order chi connectivity index (χ0) is 20.6. The number of aryl methyl sites for hydroxylation is 1. The Kier molecular flexibility index (Phi) is 4.65. The number of imidazole rings is 1. The van der Waals surface area contributed by atoms with Gasteiger partial charge in [-0.2, -0.15) is 5.10 Å². The summed E-state index contributed by atoms with van der Waals surface area (Å²) in [6, 6.07) is 7.59. The highest BCUT2D eigenvalue weighted by molar-refractivity contribution is 5.82. The van der Waals surface area contributed by atoms with Crippen LogP contribution >= 0.6 is 0 Å². The molecule has 4 heterocycles. The van der Waals surface area contributed by atoms with Gasteiger partial charge in [-0.25, -0.2) is 4.98 Å². The smallest absolute Gasteiger partial charge is 0.270 e. The molecule has 0 aliphatic carbocycles. The highest BCUT2D eigenvalue weighted by atomic mass is 16.3.